The summed E-state index contributed by atoms with van der Waals surface area (Å²) in [4.78, 5) is 11.3. The molecule has 1 aliphatic carbocycles. The third-order valence-corrected chi connectivity index (χ3v) is 4.54. The van der Waals surface area contributed by atoms with Gasteiger partial charge in [-0.1, -0.05) is 49.4 Å². The van der Waals surface area contributed by atoms with Gasteiger partial charge in [-0.25, -0.2) is 9.78 Å². The Morgan fingerprint density at radius 2 is 2.00 bits per heavy atom. The smallest absolute Gasteiger partial charge is 0.204 e. The topological polar surface area (TPSA) is 27.7 Å². The number of ether oxygens (including phenoxy) is 1. The lowest BCUT2D eigenvalue weighted by molar-refractivity contribution is -0.451. The molecule has 21 heavy (non-hydrogen) atoms. The molecule has 3 heteroatoms. The molecule has 0 radical (unpaired) electrons. The first-order valence-corrected chi connectivity index (χ1v) is 7.62. The minimum atomic E-state index is -0.670. The van der Waals surface area contributed by atoms with Gasteiger partial charge in [0.15, 0.2) is 0 Å². The molecular weight excluding hydrogens is 264 g/mol. The van der Waals surface area contributed by atoms with Crippen molar-refractivity contribution in [3.63, 3.8) is 0 Å². The van der Waals surface area contributed by atoms with Crippen LogP contribution in [0.1, 0.15) is 38.7 Å². The Balaban J connectivity index is 1.97. The summed E-state index contributed by atoms with van der Waals surface area (Å²) in [5.41, 5.74) is 2.28. The monoisotopic (exact) mass is 290 g/mol. The summed E-state index contributed by atoms with van der Waals surface area (Å²) in [5, 5.41) is 0. The van der Waals surface area contributed by atoms with Crippen molar-refractivity contribution >= 4 is 0 Å². The van der Waals surface area contributed by atoms with Gasteiger partial charge in [-0.05, 0) is 31.2 Å². The molecule has 0 bridgehead atoms. The molecule has 0 unspecified atom stereocenters. The van der Waals surface area contributed by atoms with Crippen LogP contribution in [-0.4, -0.2) is 12.9 Å². The summed E-state index contributed by atoms with van der Waals surface area (Å²) in [6.45, 7) is 8.74. The fourth-order valence-electron chi connectivity index (χ4n) is 2.94. The van der Waals surface area contributed by atoms with Crippen molar-refractivity contribution in [3.8, 4) is 0 Å². The van der Waals surface area contributed by atoms with Crippen molar-refractivity contribution in [2.24, 2.45) is 11.8 Å². The maximum Gasteiger partial charge on any atom is 0.204 e. The van der Waals surface area contributed by atoms with Crippen LogP contribution in [0.15, 0.2) is 42.5 Å². The normalized spacial score (nSPS) is 29.3. The van der Waals surface area contributed by atoms with Crippen molar-refractivity contribution in [2.75, 3.05) is 7.11 Å². The standard InChI is InChI=1S/C18H26O3/c1-14(2)17-11-10-15(3)18(12-17,19-4)21-20-13-16-8-6-5-7-9-16/h5-9,15,17H,1,10-13H2,2-4H3/t15-,17-,18+/m1/s1. The first kappa shape index (κ1) is 16.2. The zero-order valence-electron chi connectivity index (χ0n) is 13.3. The average Bonchev–Trinajstić information content (AvgIpc) is 2.50. The zero-order valence-corrected chi connectivity index (χ0v) is 13.3. The van der Waals surface area contributed by atoms with E-state index in [1.807, 2.05) is 30.3 Å². The lowest BCUT2D eigenvalue weighted by atomic mass is 9.75. The van der Waals surface area contributed by atoms with Gasteiger partial charge in [0.25, 0.3) is 0 Å². The highest BCUT2D eigenvalue weighted by Gasteiger charge is 2.44. The second-order valence-corrected chi connectivity index (χ2v) is 6.07. The van der Waals surface area contributed by atoms with E-state index in [1.54, 1.807) is 7.11 Å². The number of methoxy groups -OCH3 is 1. The van der Waals surface area contributed by atoms with E-state index in [0.29, 0.717) is 18.4 Å². The minimum Gasteiger partial charge on any atom is -0.350 e. The lowest BCUT2D eigenvalue weighted by Crippen LogP contribution is -2.46. The predicted molar refractivity (Wildman–Crippen MR) is 83.4 cm³/mol. The van der Waals surface area contributed by atoms with E-state index in [1.165, 1.54) is 5.57 Å². The molecule has 1 aliphatic rings. The molecule has 1 saturated carbocycles. The quantitative estimate of drug-likeness (QED) is 0.334. The highest BCUT2D eigenvalue weighted by atomic mass is 17.2. The first-order valence-electron chi connectivity index (χ1n) is 7.62. The molecule has 1 aromatic carbocycles. The summed E-state index contributed by atoms with van der Waals surface area (Å²) in [7, 11) is 1.70. The van der Waals surface area contributed by atoms with Crippen LogP contribution in [0.4, 0.5) is 0 Å². The van der Waals surface area contributed by atoms with Gasteiger partial charge in [0, 0.05) is 19.4 Å². The molecule has 116 valence electrons. The van der Waals surface area contributed by atoms with Crippen LogP contribution in [0.5, 0.6) is 0 Å². The Morgan fingerprint density at radius 3 is 2.62 bits per heavy atom. The summed E-state index contributed by atoms with van der Waals surface area (Å²) < 4.78 is 5.72. The second kappa shape index (κ2) is 7.21. The summed E-state index contributed by atoms with van der Waals surface area (Å²) in [6.07, 6.45) is 3.00. The Morgan fingerprint density at radius 1 is 1.29 bits per heavy atom. The molecule has 2 rings (SSSR count). The fourth-order valence-corrected chi connectivity index (χ4v) is 2.94. The maximum atomic E-state index is 5.75. The SMILES string of the molecule is C=C(C)[C@@H]1CC[C@@H](C)[C@@](OC)(OOCc2ccccc2)C1. The van der Waals surface area contributed by atoms with Gasteiger partial charge in [0.1, 0.15) is 6.61 Å². The van der Waals surface area contributed by atoms with Crippen LogP contribution in [0.25, 0.3) is 0 Å². The Bertz CT molecular complexity index is 457. The van der Waals surface area contributed by atoms with Gasteiger partial charge in [-0.15, -0.1) is 0 Å². The third-order valence-electron chi connectivity index (χ3n) is 4.54. The average molecular weight is 290 g/mol. The van der Waals surface area contributed by atoms with Crippen LogP contribution in [0, 0.1) is 11.8 Å². The molecule has 0 saturated heterocycles. The highest BCUT2D eigenvalue weighted by Crippen LogP contribution is 2.42. The molecule has 0 aromatic heterocycles. The van der Waals surface area contributed by atoms with Crippen molar-refractivity contribution in [3.05, 3.63) is 48.0 Å². The van der Waals surface area contributed by atoms with Crippen molar-refractivity contribution in [1.29, 1.82) is 0 Å². The van der Waals surface area contributed by atoms with Gasteiger partial charge < -0.3 is 4.74 Å². The fraction of sp³-hybridized carbons (Fsp3) is 0.556. The minimum absolute atomic E-state index is 0.300. The molecule has 0 aliphatic heterocycles. The van der Waals surface area contributed by atoms with Crippen molar-refractivity contribution in [2.45, 2.75) is 45.5 Å². The van der Waals surface area contributed by atoms with Crippen LogP contribution >= 0.6 is 0 Å². The summed E-state index contributed by atoms with van der Waals surface area (Å²) >= 11 is 0. The van der Waals surface area contributed by atoms with E-state index in [-0.39, 0.29) is 0 Å². The molecule has 0 spiro atoms. The Hall–Kier alpha value is -1.16. The summed E-state index contributed by atoms with van der Waals surface area (Å²) in [5.74, 6) is 0.0618. The van der Waals surface area contributed by atoms with Crippen LogP contribution in [0.2, 0.25) is 0 Å². The van der Waals surface area contributed by atoms with E-state index in [9.17, 15) is 0 Å². The van der Waals surface area contributed by atoms with Gasteiger partial charge in [0.2, 0.25) is 5.79 Å². The van der Waals surface area contributed by atoms with Gasteiger partial charge in [0.05, 0.1) is 0 Å². The molecule has 0 N–H and O–H groups in total. The third kappa shape index (κ3) is 3.94. The summed E-state index contributed by atoms with van der Waals surface area (Å²) in [6, 6.07) is 10.0. The first-order chi connectivity index (χ1) is 10.1. The van der Waals surface area contributed by atoms with Gasteiger partial charge in [-0.3, -0.25) is 0 Å². The van der Waals surface area contributed by atoms with E-state index in [4.69, 9.17) is 14.5 Å². The number of benzene rings is 1. The van der Waals surface area contributed by atoms with Crippen molar-refractivity contribution in [1.82, 2.24) is 0 Å². The van der Waals surface area contributed by atoms with E-state index in [2.05, 4.69) is 20.4 Å². The molecule has 1 aromatic rings. The number of rotatable bonds is 6. The van der Waals surface area contributed by atoms with Gasteiger partial charge >= 0.3 is 0 Å². The van der Waals surface area contributed by atoms with E-state index in [0.717, 1.165) is 24.8 Å². The maximum absolute atomic E-state index is 5.75. The molecule has 0 heterocycles. The second-order valence-electron chi connectivity index (χ2n) is 6.07. The molecule has 0 amide bonds. The van der Waals surface area contributed by atoms with Gasteiger partial charge in [-0.2, -0.15) is 0 Å². The van der Waals surface area contributed by atoms with E-state index >= 15 is 0 Å². The van der Waals surface area contributed by atoms with Crippen LogP contribution in [-0.2, 0) is 21.1 Å². The number of hydrogen-bond acceptors (Lipinski definition) is 3. The molecular formula is C18H26O3. The zero-order chi connectivity index (χ0) is 15.3. The highest BCUT2D eigenvalue weighted by molar-refractivity contribution is 5.13. The Kier molecular flexibility index (Phi) is 5.57. The Labute approximate surface area is 127 Å². The predicted octanol–water partition coefficient (Wildman–Crippen LogP) is 4.49. The number of hydrogen-bond donors (Lipinski definition) is 0. The van der Waals surface area contributed by atoms with E-state index < -0.39 is 5.79 Å². The lowest BCUT2D eigenvalue weighted by Gasteiger charge is -2.43. The molecule has 3 nitrogen and oxygen atoms in total. The largest absolute Gasteiger partial charge is 0.350 e. The van der Waals surface area contributed by atoms with Crippen LogP contribution in [0.3, 0.4) is 0 Å². The molecule has 1 fully saturated rings. The molecule has 3 atom stereocenters. The van der Waals surface area contributed by atoms with Crippen molar-refractivity contribution < 1.29 is 14.5 Å². The number of allylic oxidation sites excluding steroid dienone is 1. The van der Waals surface area contributed by atoms with Crippen LogP contribution < -0.4 is 0 Å².